The van der Waals surface area contributed by atoms with Crippen molar-refractivity contribution in [2.75, 3.05) is 5.32 Å². The summed E-state index contributed by atoms with van der Waals surface area (Å²) in [5.41, 5.74) is -3.31. The highest BCUT2D eigenvalue weighted by Gasteiger charge is 2.38. The molecule has 7 nitrogen and oxygen atoms in total. The molecule has 3 aromatic heterocycles. The van der Waals surface area contributed by atoms with Gasteiger partial charge in [-0.15, -0.1) is 0 Å². The second-order valence-corrected chi connectivity index (χ2v) is 6.81. The maximum atomic E-state index is 13.3. The molecule has 1 aromatic carbocycles. The number of imidazole rings is 1. The Balaban J connectivity index is 1.49. The van der Waals surface area contributed by atoms with Gasteiger partial charge in [0.1, 0.15) is 0 Å². The minimum atomic E-state index is -4.99. The Hall–Kier alpha value is -4.03. The molecule has 0 atom stereocenters. The van der Waals surface area contributed by atoms with Crippen LogP contribution in [0.4, 0.5) is 32.2 Å². The molecule has 13 heteroatoms. The van der Waals surface area contributed by atoms with Crippen molar-refractivity contribution in [1.29, 1.82) is 0 Å². The topological polar surface area (TPSA) is 86.1 Å². The number of nitrogens with zero attached hydrogens (tertiary/aromatic N) is 3. The number of carbonyl (C=O) groups is 1. The fourth-order valence-corrected chi connectivity index (χ4v) is 2.96. The van der Waals surface area contributed by atoms with Crippen LogP contribution in [0.1, 0.15) is 27.2 Å². The standard InChI is InChI=1S/C20H12F6N4O3/c21-19(22,23)12-4-3-11(13(6-12)20(24,25)26)8-30-9-17(27-10-30)28-18(31)14-7-16(33-29-14)15-2-1-5-32-15/h1-7,9-10H,8H2,(H,28,31). The van der Waals surface area contributed by atoms with Crippen molar-refractivity contribution in [3.05, 3.63) is 77.6 Å². The Morgan fingerprint density at radius 2 is 1.82 bits per heavy atom. The van der Waals surface area contributed by atoms with Gasteiger partial charge in [-0.2, -0.15) is 26.3 Å². The number of hydrogen-bond donors (Lipinski definition) is 1. The summed E-state index contributed by atoms with van der Waals surface area (Å²) in [4.78, 5) is 16.2. The molecule has 33 heavy (non-hydrogen) atoms. The molecule has 0 aliphatic heterocycles. The van der Waals surface area contributed by atoms with E-state index in [-0.39, 0.29) is 23.3 Å². The first-order valence-corrected chi connectivity index (χ1v) is 9.12. The van der Waals surface area contributed by atoms with Crippen LogP contribution in [0.15, 0.2) is 64.1 Å². The van der Waals surface area contributed by atoms with Crippen LogP contribution in [0.5, 0.6) is 0 Å². The zero-order valence-electron chi connectivity index (χ0n) is 16.2. The van der Waals surface area contributed by atoms with Crippen LogP contribution in [0.2, 0.25) is 0 Å². The summed E-state index contributed by atoms with van der Waals surface area (Å²) in [5, 5.41) is 6.01. The SMILES string of the molecule is O=C(Nc1cn(Cc2ccc(C(F)(F)F)cc2C(F)(F)F)cn1)c1cc(-c2ccco2)on1. The molecule has 1 N–H and O–H groups in total. The number of alkyl halides is 6. The van der Waals surface area contributed by atoms with Crippen LogP contribution in [0, 0.1) is 0 Å². The highest BCUT2D eigenvalue weighted by atomic mass is 19.4. The largest absolute Gasteiger partial charge is 0.461 e. The third-order valence-electron chi connectivity index (χ3n) is 4.48. The van der Waals surface area contributed by atoms with Gasteiger partial charge < -0.3 is 18.8 Å². The minimum absolute atomic E-state index is 0.0111. The van der Waals surface area contributed by atoms with Gasteiger partial charge in [-0.1, -0.05) is 11.2 Å². The fraction of sp³-hybridized carbons (Fsp3) is 0.150. The van der Waals surface area contributed by atoms with E-state index in [1.54, 1.807) is 12.1 Å². The van der Waals surface area contributed by atoms with Crippen molar-refractivity contribution >= 4 is 11.7 Å². The van der Waals surface area contributed by atoms with E-state index in [1.807, 2.05) is 0 Å². The van der Waals surface area contributed by atoms with Gasteiger partial charge in [-0.05, 0) is 29.8 Å². The third kappa shape index (κ3) is 4.91. The van der Waals surface area contributed by atoms with Crippen LogP contribution in [0.25, 0.3) is 11.5 Å². The average Bonchev–Trinajstić information content (AvgIpc) is 3.48. The summed E-state index contributed by atoms with van der Waals surface area (Å²) in [5.74, 6) is -0.157. The maximum absolute atomic E-state index is 13.3. The zero-order chi connectivity index (χ0) is 23.8. The van der Waals surface area contributed by atoms with Crippen molar-refractivity contribution in [2.45, 2.75) is 18.9 Å². The number of halogens is 6. The van der Waals surface area contributed by atoms with Crippen LogP contribution in [-0.4, -0.2) is 20.6 Å². The highest BCUT2D eigenvalue weighted by Crippen LogP contribution is 2.37. The first-order valence-electron chi connectivity index (χ1n) is 9.12. The third-order valence-corrected chi connectivity index (χ3v) is 4.48. The number of anilines is 1. The molecule has 0 fully saturated rings. The van der Waals surface area contributed by atoms with Gasteiger partial charge in [0.15, 0.2) is 17.3 Å². The molecule has 0 radical (unpaired) electrons. The lowest BCUT2D eigenvalue weighted by molar-refractivity contribution is -0.143. The van der Waals surface area contributed by atoms with Crippen LogP contribution < -0.4 is 5.32 Å². The average molecular weight is 470 g/mol. The molecule has 172 valence electrons. The summed E-state index contributed by atoms with van der Waals surface area (Å²) in [7, 11) is 0. The van der Waals surface area contributed by atoms with E-state index in [0.717, 1.165) is 12.4 Å². The summed E-state index contributed by atoms with van der Waals surface area (Å²) in [6.45, 7) is -0.428. The first-order chi connectivity index (χ1) is 15.5. The molecular formula is C20H12F6N4O3. The molecule has 4 aromatic rings. The molecule has 4 rings (SSSR count). The van der Waals surface area contributed by atoms with Crippen molar-refractivity contribution in [3.63, 3.8) is 0 Å². The molecule has 0 saturated heterocycles. The quantitative estimate of drug-likeness (QED) is 0.391. The molecule has 0 unspecified atom stereocenters. The number of aromatic nitrogens is 3. The number of amides is 1. The maximum Gasteiger partial charge on any atom is 0.416 e. The highest BCUT2D eigenvalue weighted by molar-refractivity contribution is 6.02. The Kier molecular flexibility index (Phi) is 5.47. The summed E-state index contributed by atoms with van der Waals surface area (Å²) in [6, 6.07) is 5.94. The first kappa shape index (κ1) is 22.2. The Morgan fingerprint density at radius 3 is 2.48 bits per heavy atom. The number of rotatable bonds is 5. The van der Waals surface area contributed by atoms with E-state index in [2.05, 4.69) is 15.5 Å². The zero-order valence-corrected chi connectivity index (χ0v) is 16.2. The van der Waals surface area contributed by atoms with Crippen molar-refractivity contribution in [2.24, 2.45) is 0 Å². The molecule has 0 spiro atoms. The van der Waals surface area contributed by atoms with Crippen LogP contribution in [-0.2, 0) is 18.9 Å². The van der Waals surface area contributed by atoms with E-state index in [9.17, 15) is 31.1 Å². The smallest absolute Gasteiger partial charge is 0.416 e. The fourth-order valence-electron chi connectivity index (χ4n) is 2.96. The minimum Gasteiger partial charge on any atom is -0.461 e. The van der Waals surface area contributed by atoms with Crippen molar-refractivity contribution in [1.82, 2.24) is 14.7 Å². The lowest BCUT2D eigenvalue weighted by atomic mass is 10.0. The Labute approximate surface area is 180 Å². The normalized spacial score (nSPS) is 12.2. The van der Waals surface area contributed by atoms with Gasteiger partial charge in [0.2, 0.25) is 5.76 Å². The van der Waals surface area contributed by atoms with Crippen molar-refractivity contribution in [3.8, 4) is 11.5 Å². The Bertz CT molecular complexity index is 1270. The molecule has 3 heterocycles. The number of carbonyl (C=O) groups excluding carboxylic acids is 1. The van der Waals surface area contributed by atoms with Gasteiger partial charge in [-0.25, -0.2) is 4.98 Å². The molecule has 0 aliphatic rings. The monoisotopic (exact) mass is 470 g/mol. The summed E-state index contributed by atoms with van der Waals surface area (Å²) >= 11 is 0. The van der Waals surface area contributed by atoms with E-state index in [4.69, 9.17) is 8.94 Å². The van der Waals surface area contributed by atoms with Crippen LogP contribution in [0.3, 0.4) is 0 Å². The Morgan fingerprint density at radius 1 is 1.03 bits per heavy atom. The van der Waals surface area contributed by atoms with Gasteiger partial charge >= 0.3 is 12.4 Å². The predicted octanol–water partition coefficient (Wildman–Crippen LogP) is 5.47. The summed E-state index contributed by atoms with van der Waals surface area (Å²) < 4.78 is 89.7. The van der Waals surface area contributed by atoms with Crippen molar-refractivity contribution < 1.29 is 40.1 Å². The molecule has 0 aliphatic carbocycles. The molecule has 0 saturated carbocycles. The second kappa shape index (κ2) is 8.15. The second-order valence-electron chi connectivity index (χ2n) is 6.81. The van der Waals surface area contributed by atoms with E-state index < -0.39 is 41.5 Å². The molecule has 0 bridgehead atoms. The number of furan rings is 1. The van der Waals surface area contributed by atoms with E-state index >= 15 is 0 Å². The number of nitrogens with one attached hydrogen (secondary N) is 1. The predicted molar refractivity (Wildman–Crippen MR) is 99.9 cm³/mol. The molecule has 1 amide bonds. The van der Waals surface area contributed by atoms with Gasteiger partial charge in [0.25, 0.3) is 5.91 Å². The van der Waals surface area contributed by atoms with Crippen LogP contribution >= 0.6 is 0 Å². The number of hydrogen-bond acceptors (Lipinski definition) is 5. The van der Waals surface area contributed by atoms with E-state index in [0.29, 0.717) is 11.8 Å². The van der Waals surface area contributed by atoms with Gasteiger partial charge in [-0.3, -0.25) is 4.79 Å². The van der Waals surface area contributed by atoms with Gasteiger partial charge in [0, 0.05) is 18.8 Å². The lowest BCUT2D eigenvalue weighted by Crippen LogP contribution is -2.15. The number of benzene rings is 1. The molecular weight excluding hydrogens is 458 g/mol. The summed E-state index contributed by atoms with van der Waals surface area (Å²) in [6.07, 6.45) is -6.14. The lowest BCUT2D eigenvalue weighted by Gasteiger charge is -2.16. The van der Waals surface area contributed by atoms with Gasteiger partial charge in [0.05, 0.1) is 23.7 Å². The van der Waals surface area contributed by atoms with E-state index in [1.165, 1.54) is 23.1 Å².